The maximum atomic E-state index is 14.3. The van der Waals surface area contributed by atoms with Gasteiger partial charge in [-0.1, -0.05) is 48.5 Å². The number of carbonyl (C=O) groups is 2. The Bertz CT molecular complexity index is 1550. The molecule has 6 rings (SSSR count). The van der Waals surface area contributed by atoms with E-state index in [1.807, 2.05) is 24.3 Å². The average molecular weight is 484 g/mol. The third-order valence-corrected chi connectivity index (χ3v) is 7.06. The van der Waals surface area contributed by atoms with Gasteiger partial charge >= 0.3 is 0 Å². The highest BCUT2D eigenvalue weighted by molar-refractivity contribution is 5.97. The smallest absolute Gasteiger partial charge is 0.269 e. The fraction of sp³-hybridized carbons (Fsp3) is 0.185. The van der Waals surface area contributed by atoms with Crippen molar-refractivity contribution < 1.29 is 18.9 Å². The lowest BCUT2D eigenvalue weighted by Crippen LogP contribution is -2.62. The summed E-state index contributed by atoms with van der Waals surface area (Å²) in [6, 6.07) is 18.5. The van der Waals surface area contributed by atoms with Crippen LogP contribution in [0.4, 0.5) is 10.1 Å². The molecule has 9 heteroatoms. The summed E-state index contributed by atoms with van der Waals surface area (Å²) in [5.41, 5.74) is 3.30. The van der Waals surface area contributed by atoms with E-state index in [1.54, 1.807) is 30.3 Å². The fourth-order valence-electron chi connectivity index (χ4n) is 5.44. The summed E-state index contributed by atoms with van der Waals surface area (Å²) < 4.78 is 14.3. The Morgan fingerprint density at radius 3 is 2.61 bits per heavy atom. The molecule has 3 heterocycles. The molecule has 2 aliphatic rings. The Balaban J connectivity index is 1.47. The summed E-state index contributed by atoms with van der Waals surface area (Å²) in [6.45, 7) is -0.214. The first-order chi connectivity index (χ1) is 17.4. The van der Waals surface area contributed by atoms with Gasteiger partial charge in [-0.3, -0.25) is 19.7 Å². The van der Waals surface area contributed by atoms with Crippen LogP contribution in [0.1, 0.15) is 28.4 Å². The number of nitrogens with zero attached hydrogens (tertiary/aromatic N) is 3. The Morgan fingerprint density at radius 2 is 1.81 bits per heavy atom. The molecule has 0 radical (unpaired) electrons. The summed E-state index contributed by atoms with van der Waals surface area (Å²) >= 11 is 0. The summed E-state index contributed by atoms with van der Waals surface area (Å²) in [6.07, 6.45) is 0.295. The molecular weight excluding hydrogens is 463 g/mol. The minimum atomic E-state index is -0.811. The quantitative estimate of drug-likeness (QED) is 0.348. The third kappa shape index (κ3) is 3.43. The molecule has 2 aliphatic heterocycles. The summed E-state index contributed by atoms with van der Waals surface area (Å²) in [4.78, 5) is 44.7. The third-order valence-electron chi connectivity index (χ3n) is 7.06. The van der Waals surface area contributed by atoms with Crippen LogP contribution in [0.25, 0.3) is 10.9 Å². The number of non-ortho nitro benzene ring substituents is 1. The topological polar surface area (TPSA) is 99.5 Å². The highest BCUT2D eigenvalue weighted by Gasteiger charge is 2.48. The minimum Gasteiger partial charge on any atom is -0.356 e. The van der Waals surface area contributed by atoms with Crippen LogP contribution in [-0.4, -0.2) is 44.1 Å². The van der Waals surface area contributed by atoms with Gasteiger partial charge in [-0.2, -0.15) is 0 Å². The van der Waals surface area contributed by atoms with Crippen molar-refractivity contribution in [1.29, 1.82) is 0 Å². The van der Waals surface area contributed by atoms with Crippen LogP contribution in [0.3, 0.4) is 0 Å². The van der Waals surface area contributed by atoms with E-state index in [0.717, 1.165) is 22.2 Å². The molecule has 2 amide bonds. The lowest BCUT2D eigenvalue weighted by atomic mass is 9.86. The van der Waals surface area contributed by atoms with E-state index in [2.05, 4.69) is 4.98 Å². The number of fused-ring (bicyclic) bond motifs is 4. The maximum Gasteiger partial charge on any atom is 0.269 e. The Kier molecular flexibility index (Phi) is 5.06. The highest BCUT2D eigenvalue weighted by Crippen LogP contribution is 2.43. The molecule has 1 N–H and O–H groups in total. The van der Waals surface area contributed by atoms with E-state index in [1.165, 1.54) is 28.0 Å². The second-order valence-corrected chi connectivity index (χ2v) is 9.12. The first kappa shape index (κ1) is 22.0. The number of aromatic amines is 1. The lowest BCUT2D eigenvalue weighted by molar-refractivity contribution is -0.384. The van der Waals surface area contributed by atoms with E-state index < -0.39 is 22.8 Å². The molecule has 2 atom stereocenters. The van der Waals surface area contributed by atoms with Crippen LogP contribution in [0.2, 0.25) is 0 Å². The van der Waals surface area contributed by atoms with Gasteiger partial charge < -0.3 is 14.8 Å². The van der Waals surface area contributed by atoms with Crippen LogP contribution >= 0.6 is 0 Å². The second kappa shape index (κ2) is 8.30. The van der Waals surface area contributed by atoms with Gasteiger partial charge in [0.05, 0.1) is 11.0 Å². The summed E-state index contributed by atoms with van der Waals surface area (Å²) in [7, 11) is 0. The van der Waals surface area contributed by atoms with Gasteiger partial charge in [0.15, 0.2) is 0 Å². The number of hydrogen-bond donors (Lipinski definition) is 1. The Hall–Kier alpha value is -4.53. The molecule has 0 unspecified atom stereocenters. The number of nitro groups is 1. The van der Waals surface area contributed by atoms with E-state index in [9.17, 15) is 24.1 Å². The van der Waals surface area contributed by atoms with Crippen molar-refractivity contribution in [2.24, 2.45) is 0 Å². The van der Waals surface area contributed by atoms with Crippen LogP contribution in [0.5, 0.6) is 0 Å². The zero-order valence-electron chi connectivity index (χ0n) is 19.1. The van der Waals surface area contributed by atoms with Crippen molar-refractivity contribution in [3.05, 3.63) is 111 Å². The van der Waals surface area contributed by atoms with E-state index in [0.29, 0.717) is 17.5 Å². The molecule has 1 fully saturated rings. The van der Waals surface area contributed by atoms with Gasteiger partial charge in [0, 0.05) is 47.3 Å². The van der Waals surface area contributed by atoms with Crippen LogP contribution < -0.4 is 0 Å². The number of benzene rings is 3. The van der Waals surface area contributed by atoms with Gasteiger partial charge in [0.2, 0.25) is 11.8 Å². The Labute approximate surface area is 205 Å². The van der Waals surface area contributed by atoms with Crippen molar-refractivity contribution in [3.8, 4) is 0 Å². The number of aromatic nitrogens is 1. The molecule has 36 heavy (non-hydrogen) atoms. The second-order valence-electron chi connectivity index (χ2n) is 9.12. The molecule has 1 aromatic heterocycles. The van der Waals surface area contributed by atoms with Gasteiger partial charge in [-0.05, 0) is 23.3 Å². The predicted molar refractivity (Wildman–Crippen MR) is 129 cm³/mol. The average Bonchev–Trinajstić information content (AvgIpc) is 3.25. The van der Waals surface area contributed by atoms with Crippen molar-refractivity contribution in [2.45, 2.75) is 25.0 Å². The summed E-state index contributed by atoms with van der Waals surface area (Å²) in [5.74, 6) is -1.00. The number of nitro benzene ring substituents is 1. The number of amides is 2. The number of rotatable bonds is 4. The monoisotopic (exact) mass is 484 g/mol. The zero-order valence-corrected chi connectivity index (χ0v) is 19.1. The fourth-order valence-corrected chi connectivity index (χ4v) is 5.44. The van der Waals surface area contributed by atoms with Gasteiger partial charge in [0.25, 0.3) is 5.69 Å². The number of para-hydroxylation sites is 1. The molecule has 1 saturated heterocycles. The number of carbonyl (C=O) groups excluding carboxylic acids is 2. The van der Waals surface area contributed by atoms with Crippen molar-refractivity contribution in [3.63, 3.8) is 0 Å². The Morgan fingerprint density at radius 1 is 1.03 bits per heavy atom. The standard InChI is InChI=1S/C27H21FN4O4/c28-21-10-3-1-6-17(21)14-30-15-24(33)31-23(27(30)34)13-20-19-9-2-4-11-22(19)29-25(20)26(31)16-7-5-8-18(12-16)32(35)36/h1-12,23,26,29H,13-15H2/t23-,26-/m1/s1. The normalized spacial score (nSPS) is 19.4. The summed E-state index contributed by atoms with van der Waals surface area (Å²) in [5, 5.41) is 12.4. The van der Waals surface area contributed by atoms with Crippen LogP contribution in [-0.2, 0) is 22.6 Å². The molecular formula is C27H21FN4O4. The first-order valence-corrected chi connectivity index (χ1v) is 11.6. The van der Waals surface area contributed by atoms with Gasteiger partial charge in [-0.25, -0.2) is 4.39 Å². The predicted octanol–water partition coefficient (Wildman–Crippen LogP) is 4.10. The number of piperazine rings is 1. The minimum absolute atomic E-state index is 0.0101. The molecule has 0 saturated carbocycles. The SMILES string of the molecule is O=C1[C@H]2Cc3c([nH]c4ccccc34)[C@@H](c3cccc([N+](=O)[O-])c3)N2C(=O)CN1Cc1ccccc1F. The maximum absolute atomic E-state index is 14.3. The van der Waals surface area contributed by atoms with Crippen LogP contribution in [0, 0.1) is 15.9 Å². The number of hydrogen-bond acceptors (Lipinski definition) is 4. The molecule has 0 bridgehead atoms. The lowest BCUT2D eigenvalue weighted by Gasteiger charge is -2.47. The number of H-pyrrole nitrogens is 1. The van der Waals surface area contributed by atoms with Crippen molar-refractivity contribution in [1.82, 2.24) is 14.8 Å². The largest absolute Gasteiger partial charge is 0.356 e. The van der Waals surface area contributed by atoms with E-state index in [-0.39, 0.29) is 30.6 Å². The molecule has 3 aromatic carbocycles. The molecule has 8 nitrogen and oxygen atoms in total. The zero-order chi connectivity index (χ0) is 25.0. The first-order valence-electron chi connectivity index (χ1n) is 11.6. The molecule has 180 valence electrons. The van der Waals surface area contributed by atoms with Crippen molar-refractivity contribution >= 4 is 28.4 Å². The van der Waals surface area contributed by atoms with E-state index in [4.69, 9.17) is 0 Å². The van der Waals surface area contributed by atoms with E-state index >= 15 is 0 Å². The van der Waals surface area contributed by atoms with Gasteiger partial charge in [0.1, 0.15) is 18.4 Å². The van der Waals surface area contributed by atoms with Crippen LogP contribution in [0.15, 0.2) is 72.8 Å². The molecule has 0 spiro atoms. The highest BCUT2D eigenvalue weighted by atomic mass is 19.1. The van der Waals surface area contributed by atoms with Crippen molar-refractivity contribution in [2.75, 3.05) is 6.54 Å². The van der Waals surface area contributed by atoms with Gasteiger partial charge in [-0.15, -0.1) is 0 Å². The molecule has 4 aromatic rings. The number of halogens is 1. The number of nitrogens with one attached hydrogen (secondary N) is 1. The molecule has 0 aliphatic carbocycles.